The summed E-state index contributed by atoms with van der Waals surface area (Å²) < 4.78 is 28.1. The maximum Gasteiger partial charge on any atom is 0.261 e. The quantitative estimate of drug-likeness (QED) is 0.867. The van der Waals surface area contributed by atoms with E-state index in [0.717, 1.165) is 10.0 Å². The molecule has 0 saturated heterocycles. The Labute approximate surface area is 127 Å². The molecule has 0 bridgehead atoms. The first-order valence-electron chi connectivity index (χ1n) is 6.03. The molecule has 0 amide bonds. The van der Waals surface area contributed by atoms with Crippen LogP contribution in [0, 0.1) is 0 Å². The number of anilines is 1. The first-order chi connectivity index (χ1) is 9.51. The second-order valence-corrected chi connectivity index (χ2v) is 6.89. The minimum absolute atomic E-state index is 0.258. The Kier molecular flexibility index (Phi) is 4.80. The SMILES string of the molecule is CNCc1cccc(S(=O)(=O)Nc2ccc(Br)cc2)c1. The summed E-state index contributed by atoms with van der Waals surface area (Å²) in [6, 6.07) is 13.9. The van der Waals surface area contributed by atoms with E-state index in [9.17, 15) is 8.42 Å². The van der Waals surface area contributed by atoms with E-state index >= 15 is 0 Å². The zero-order valence-electron chi connectivity index (χ0n) is 10.9. The van der Waals surface area contributed by atoms with Crippen molar-refractivity contribution >= 4 is 31.6 Å². The maximum absolute atomic E-state index is 12.3. The molecule has 0 aliphatic carbocycles. The van der Waals surface area contributed by atoms with Crippen LogP contribution in [-0.2, 0) is 16.6 Å². The Bertz CT molecular complexity index is 685. The van der Waals surface area contributed by atoms with Crippen molar-refractivity contribution in [2.24, 2.45) is 0 Å². The van der Waals surface area contributed by atoms with Gasteiger partial charge in [0.1, 0.15) is 0 Å². The van der Waals surface area contributed by atoms with Crippen molar-refractivity contribution in [1.82, 2.24) is 5.32 Å². The van der Waals surface area contributed by atoms with Gasteiger partial charge >= 0.3 is 0 Å². The Morgan fingerprint density at radius 3 is 2.45 bits per heavy atom. The maximum atomic E-state index is 12.3. The monoisotopic (exact) mass is 354 g/mol. The molecule has 0 aromatic heterocycles. The number of hydrogen-bond donors (Lipinski definition) is 2. The fourth-order valence-electron chi connectivity index (χ4n) is 1.76. The Hall–Kier alpha value is -1.37. The number of benzene rings is 2. The van der Waals surface area contributed by atoms with E-state index in [4.69, 9.17) is 0 Å². The molecule has 2 N–H and O–H groups in total. The van der Waals surface area contributed by atoms with Crippen molar-refractivity contribution in [1.29, 1.82) is 0 Å². The van der Waals surface area contributed by atoms with Gasteiger partial charge < -0.3 is 5.32 Å². The predicted octanol–water partition coefficient (Wildman–Crippen LogP) is 2.97. The fraction of sp³-hybridized carbons (Fsp3) is 0.143. The van der Waals surface area contributed by atoms with E-state index in [1.807, 2.05) is 13.1 Å². The van der Waals surface area contributed by atoms with E-state index in [1.165, 1.54) is 0 Å². The summed E-state index contributed by atoms with van der Waals surface area (Å²) in [6.45, 7) is 0.627. The van der Waals surface area contributed by atoms with Crippen molar-refractivity contribution in [3.8, 4) is 0 Å². The minimum atomic E-state index is -3.56. The molecule has 0 saturated carbocycles. The highest BCUT2D eigenvalue weighted by Crippen LogP contribution is 2.19. The fourth-order valence-corrected chi connectivity index (χ4v) is 3.15. The van der Waals surface area contributed by atoms with Gasteiger partial charge in [-0.3, -0.25) is 4.72 Å². The normalized spacial score (nSPS) is 11.3. The number of sulfonamides is 1. The molecule has 2 aromatic rings. The van der Waals surface area contributed by atoms with Crippen LogP contribution in [0.15, 0.2) is 57.9 Å². The molecule has 0 aliphatic rings. The molecule has 6 heteroatoms. The molecule has 0 spiro atoms. The summed E-state index contributed by atoms with van der Waals surface area (Å²) in [5.74, 6) is 0. The van der Waals surface area contributed by atoms with Crippen molar-refractivity contribution in [2.75, 3.05) is 11.8 Å². The topological polar surface area (TPSA) is 58.2 Å². The highest BCUT2D eigenvalue weighted by Gasteiger charge is 2.14. The van der Waals surface area contributed by atoms with E-state index in [1.54, 1.807) is 42.5 Å². The molecule has 0 radical (unpaired) electrons. The van der Waals surface area contributed by atoms with Crippen molar-refractivity contribution in [3.05, 3.63) is 58.6 Å². The number of nitrogens with one attached hydrogen (secondary N) is 2. The molecule has 0 heterocycles. The van der Waals surface area contributed by atoms with Crippen molar-refractivity contribution in [3.63, 3.8) is 0 Å². The van der Waals surface area contributed by atoms with Gasteiger partial charge in [0.25, 0.3) is 10.0 Å². The highest BCUT2D eigenvalue weighted by molar-refractivity contribution is 9.10. The van der Waals surface area contributed by atoms with Gasteiger partial charge in [-0.1, -0.05) is 28.1 Å². The largest absolute Gasteiger partial charge is 0.316 e. The van der Waals surface area contributed by atoms with Crippen LogP contribution in [0.1, 0.15) is 5.56 Å². The van der Waals surface area contributed by atoms with Crippen LogP contribution >= 0.6 is 15.9 Å². The lowest BCUT2D eigenvalue weighted by Gasteiger charge is -2.09. The van der Waals surface area contributed by atoms with Crippen LogP contribution in [0.3, 0.4) is 0 Å². The zero-order valence-corrected chi connectivity index (χ0v) is 13.3. The van der Waals surface area contributed by atoms with Crippen LogP contribution in [-0.4, -0.2) is 15.5 Å². The van der Waals surface area contributed by atoms with Crippen LogP contribution in [0.25, 0.3) is 0 Å². The molecule has 0 fully saturated rings. The molecule has 0 aliphatic heterocycles. The molecule has 4 nitrogen and oxygen atoms in total. The zero-order chi connectivity index (χ0) is 14.6. The van der Waals surface area contributed by atoms with E-state index in [-0.39, 0.29) is 4.90 Å². The number of halogens is 1. The second-order valence-electron chi connectivity index (χ2n) is 4.29. The number of hydrogen-bond acceptors (Lipinski definition) is 3. The highest BCUT2D eigenvalue weighted by atomic mass is 79.9. The molecular formula is C14H15BrN2O2S. The van der Waals surface area contributed by atoms with Crippen molar-refractivity contribution in [2.45, 2.75) is 11.4 Å². The summed E-state index contributed by atoms with van der Waals surface area (Å²) in [6.07, 6.45) is 0. The lowest BCUT2D eigenvalue weighted by atomic mass is 10.2. The summed E-state index contributed by atoms with van der Waals surface area (Å²) in [4.78, 5) is 0.258. The van der Waals surface area contributed by atoms with Gasteiger partial charge in [0, 0.05) is 16.7 Å². The van der Waals surface area contributed by atoms with Gasteiger partial charge in [-0.15, -0.1) is 0 Å². The molecule has 106 valence electrons. The van der Waals surface area contributed by atoms with Crippen LogP contribution in [0.5, 0.6) is 0 Å². The Morgan fingerprint density at radius 1 is 1.10 bits per heavy atom. The molecule has 20 heavy (non-hydrogen) atoms. The summed E-state index contributed by atoms with van der Waals surface area (Å²) in [5, 5.41) is 3.00. The first kappa shape index (κ1) is 15.0. The molecular weight excluding hydrogens is 340 g/mol. The van der Waals surface area contributed by atoms with E-state index in [2.05, 4.69) is 26.0 Å². The average Bonchev–Trinajstić information content (AvgIpc) is 2.42. The van der Waals surface area contributed by atoms with Crippen LogP contribution in [0.4, 0.5) is 5.69 Å². The van der Waals surface area contributed by atoms with Gasteiger partial charge in [0.15, 0.2) is 0 Å². The predicted molar refractivity (Wildman–Crippen MR) is 84.2 cm³/mol. The van der Waals surface area contributed by atoms with Crippen LogP contribution in [0.2, 0.25) is 0 Å². The minimum Gasteiger partial charge on any atom is -0.316 e. The summed E-state index contributed by atoms with van der Waals surface area (Å²) in [5.41, 5.74) is 1.46. The average molecular weight is 355 g/mol. The Morgan fingerprint density at radius 2 is 1.80 bits per heavy atom. The van der Waals surface area contributed by atoms with Gasteiger partial charge in [0.05, 0.1) is 4.90 Å². The van der Waals surface area contributed by atoms with E-state index < -0.39 is 10.0 Å². The standard InChI is InChI=1S/C14H15BrN2O2S/c1-16-10-11-3-2-4-14(9-11)20(18,19)17-13-7-5-12(15)6-8-13/h2-9,16-17H,10H2,1H3. The van der Waals surface area contributed by atoms with Crippen LogP contribution < -0.4 is 10.0 Å². The van der Waals surface area contributed by atoms with E-state index in [0.29, 0.717) is 12.2 Å². The molecule has 0 atom stereocenters. The lowest BCUT2D eigenvalue weighted by molar-refractivity contribution is 0.601. The van der Waals surface area contributed by atoms with Crippen molar-refractivity contribution < 1.29 is 8.42 Å². The summed E-state index contributed by atoms with van der Waals surface area (Å²) in [7, 11) is -1.74. The third kappa shape index (κ3) is 3.82. The molecule has 0 unspecified atom stereocenters. The first-order valence-corrected chi connectivity index (χ1v) is 8.31. The van der Waals surface area contributed by atoms with Gasteiger partial charge in [-0.05, 0) is 49.0 Å². The summed E-state index contributed by atoms with van der Waals surface area (Å²) >= 11 is 3.31. The second kappa shape index (κ2) is 6.39. The van der Waals surface area contributed by atoms with Gasteiger partial charge in [0.2, 0.25) is 0 Å². The smallest absolute Gasteiger partial charge is 0.261 e. The van der Waals surface area contributed by atoms with Gasteiger partial charge in [-0.25, -0.2) is 8.42 Å². The molecule has 2 rings (SSSR count). The lowest BCUT2D eigenvalue weighted by Crippen LogP contribution is -2.14. The molecule has 2 aromatic carbocycles. The number of rotatable bonds is 5. The Balaban J connectivity index is 2.25. The third-order valence-electron chi connectivity index (χ3n) is 2.69. The third-order valence-corrected chi connectivity index (χ3v) is 4.59. The van der Waals surface area contributed by atoms with Gasteiger partial charge in [-0.2, -0.15) is 0 Å².